The average molecular weight is 277 g/mol. The van der Waals surface area contributed by atoms with Gasteiger partial charge < -0.3 is 14.7 Å². The Bertz CT molecular complexity index is 422. The number of ether oxygens (including phenoxy) is 1. The monoisotopic (exact) mass is 277 g/mol. The van der Waals surface area contributed by atoms with Gasteiger partial charge in [-0.2, -0.15) is 0 Å². The lowest BCUT2D eigenvalue weighted by Crippen LogP contribution is -2.38. The second-order valence-electron chi connectivity index (χ2n) is 5.19. The van der Waals surface area contributed by atoms with Crippen molar-refractivity contribution >= 4 is 5.91 Å². The fraction of sp³-hybridized carbons (Fsp3) is 0.562. The van der Waals surface area contributed by atoms with Crippen molar-refractivity contribution in [3.05, 3.63) is 29.8 Å². The van der Waals surface area contributed by atoms with Crippen LogP contribution in [0.25, 0.3) is 0 Å². The molecule has 0 atom stereocenters. The van der Waals surface area contributed by atoms with E-state index in [2.05, 4.69) is 0 Å². The van der Waals surface area contributed by atoms with Gasteiger partial charge in [0, 0.05) is 19.7 Å². The number of rotatable bonds is 5. The molecule has 0 saturated carbocycles. The summed E-state index contributed by atoms with van der Waals surface area (Å²) in [5.41, 5.74) is 1.25. The lowest BCUT2D eigenvalue weighted by molar-refractivity contribution is -0.133. The zero-order chi connectivity index (χ0) is 14.4. The smallest absolute Gasteiger partial charge is 0.224 e. The predicted molar refractivity (Wildman–Crippen MR) is 77.8 cm³/mol. The van der Waals surface area contributed by atoms with Gasteiger partial charge in [-0.1, -0.05) is 12.1 Å². The molecule has 0 spiro atoms. The minimum absolute atomic E-state index is 0.197. The van der Waals surface area contributed by atoms with Gasteiger partial charge in [-0.25, -0.2) is 0 Å². The number of benzene rings is 1. The average Bonchev–Trinajstić information content (AvgIpc) is 2.48. The van der Waals surface area contributed by atoms with E-state index in [0.717, 1.165) is 25.9 Å². The van der Waals surface area contributed by atoms with Gasteiger partial charge in [0.1, 0.15) is 5.75 Å². The number of phenolic OH excluding ortho intramolecular Hbond substituents is 1. The van der Waals surface area contributed by atoms with Crippen LogP contribution in [0.15, 0.2) is 24.3 Å². The van der Waals surface area contributed by atoms with Crippen molar-refractivity contribution in [1.82, 2.24) is 4.90 Å². The van der Waals surface area contributed by atoms with Crippen LogP contribution in [0, 0.1) is 0 Å². The Morgan fingerprint density at radius 1 is 1.30 bits per heavy atom. The summed E-state index contributed by atoms with van der Waals surface area (Å²) >= 11 is 0. The van der Waals surface area contributed by atoms with Crippen molar-refractivity contribution < 1.29 is 14.6 Å². The molecule has 110 valence electrons. The van der Waals surface area contributed by atoms with Crippen LogP contribution in [0.1, 0.15) is 37.7 Å². The van der Waals surface area contributed by atoms with Crippen molar-refractivity contribution in [2.75, 3.05) is 26.3 Å². The van der Waals surface area contributed by atoms with Crippen molar-refractivity contribution in [3.8, 4) is 5.75 Å². The van der Waals surface area contributed by atoms with Crippen LogP contribution < -0.4 is 0 Å². The van der Waals surface area contributed by atoms with Gasteiger partial charge in [0.25, 0.3) is 0 Å². The van der Waals surface area contributed by atoms with E-state index < -0.39 is 0 Å². The van der Waals surface area contributed by atoms with E-state index in [1.165, 1.54) is 5.56 Å². The lowest BCUT2D eigenvalue weighted by atomic mass is 9.89. The largest absolute Gasteiger partial charge is 0.508 e. The van der Waals surface area contributed by atoms with E-state index in [1.807, 2.05) is 24.0 Å². The number of aromatic hydroxyl groups is 1. The van der Waals surface area contributed by atoms with Gasteiger partial charge in [0.2, 0.25) is 5.91 Å². The van der Waals surface area contributed by atoms with Crippen LogP contribution in [0.3, 0.4) is 0 Å². The molecule has 1 saturated heterocycles. The van der Waals surface area contributed by atoms with Crippen molar-refractivity contribution in [1.29, 1.82) is 0 Å². The Morgan fingerprint density at radius 3 is 2.55 bits per heavy atom. The van der Waals surface area contributed by atoms with Gasteiger partial charge in [-0.15, -0.1) is 0 Å². The molecule has 1 aromatic carbocycles. The van der Waals surface area contributed by atoms with E-state index in [9.17, 15) is 9.90 Å². The fourth-order valence-corrected chi connectivity index (χ4v) is 2.67. The van der Waals surface area contributed by atoms with Gasteiger partial charge in [-0.05, 0) is 43.4 Å². The van der Waals surface area contributed by atoms with Crippen LogP contribution in [0.4, 0.5) is 0 Å². The van der Waals surface area contributed by atoms with Crippen LogP contribution in [0.5, 0.6) is 5.75 Å². The standard InChI is InChI=1S/C16H23NO3/c1-2-20-12-9-16(19)17-10-7-14(8-11-17)13-3-5-15(18)6-4-13/h3-6,14,18H,2,7-12H2,1H3. The molecule has 0 aromatic heterocycles. The first-order valence-electron chi connectivity index (χ1n) is 7.35. The number of likely N-dealkylation sites (tertiary alicyclic amines) is 1. The first-order chi connectivity index (χ1) is 9.70. The maximum Gasteiger partial charge on any atom is 0.224 e. The van der Waals surface area contributed by atoms with Crippen molar-refractivity contribution in [2.24, 2.45) is 0 Å². The number of hydrogen-bond acceptors (Lipinski definition) is 3. The summed E-state index contributed by atoms with van der Waals surface area (Å²) in [5, 5.41) is 9.31. The first kappa shape index (κ1) is 14.9. The summed E-state index contributed by atoms with van der Waals surface area (Å²) in [6.07, 6.45) is 2.47. The van der Waals surface area contributed by atoms with Gasteiger partial charge in [-0.3, -0.25) is 4.79 Å². The third-order valence-electron chi connectivity index (χ3n) is 3.88. The molecule has 4 nitrogen and oxygen atoms in total. The van der Waals surface area contributed by atoms with Crippen LogP contribution in [0.2, 0.25) is 0 Å². The summed E-state index contributed by atoms with van der Waals surface area (Å²) in [6.45, 7) is 4.75. The van der Waals surface area contributed by atoms with E-state index in [-0.39, 0.29) is 5.91 Å². The van der Waals surface area contributed by atoms with Crippen LogP contribution in [-0.2, 0) is 9.53 Å². The Balaban J connectivity index is 1.80. The molecule has 1 N–H and O–H groups in total. The molecule has 0 bridgehead atoms. The van der Waals surface area contributed by atoms with E-state index in [0.29, 0.717) is 31.3 Å². The number of amides is 1. The van der Waals surface area contributed by atoms with Crippen LogP contribution >= 0.6 is 0 Å². The van der Waals surface area contributed by atoms with Crippen molar-refractivity contribution in [2.45, 2.75) is 32.1 Å². The molecule has 0 aliphatic carbocycles. The number of phenols is 1. The summed E-state index contributed by atoms with van der Waals surface area (Å²) in [6, 6.07) is 7.42. The molecule has 1 fully saturated rings. The molecule has 1 aliphatic heterocycles. The second kappa shape index (κ2) is 7.29. The number of nitrogens with zero attached hydrogens (tertiary/aromatic N) is 1. The Hall–Kier alpha value is -1.55. The highest BCUT2D eigenvalue weighted by Gasteiger charge is 2.23. The number of carbonyl (C=O) groups excluding carboxylic acids is 1. The molecular formula is C16H23NO3. The molecule has 1 amide bonds. The molecule has 20 heavy (non-hydrogen) atoms. The second-order valence-corrected chi connectivity index (χ2v) is 5.19. The maximum atomic E-state index is 12.0. The molecule has 2 rings (SSSR count). The minimum Gasteiger partial charge on any atom is -0.508 e. The van der Waals surface area contributed by atoms with Gasteiger partial charge in [0.05, 0.1) is 13.0 Å². The van der Waals surface area contributed by atoms with E-state index in [1.54, 1.807) is 12.1 Å². The number of carbonyl (C=O) groups is 1. The zero-order valence-corrected chi connectivity index (χ0v) is 12.0. The molecule has 1 aromatic rings. The molecule has 0 unspecified atom stereocenters. The highest BCUT2D eigenvalue weighted by atomic mass is 16.5. The Kier molecular flexibility index (Phi) is 5.41. The summed E-state index contributed by atoms with van der Waals surface area (Å²) in [7, 11) is 0. The topological polar surface area (TPSA) is 49.8 Å². The maximum absolute atomic E-state index is 12.0. The van der Waals surface area contributed by atoms with Gasteiger partial charge >= 0.3 is 0 Å². The zero-order valence-electron chi connectivity index (χ0n) is 12.0. The first-order valence-corrected chi connectivity index (χ1v) is 7.35. The Morgan fingerprint density at radius 2 is 1.95 bits per heavy atom. The summed E-state index contributed by atoms with van der Waals surface area (Å²) in [5.74, 6) is 0.992. The highest BCUT2D eigenvalue weighted by Crippen LogP contribution is 2.29. The fourth-order valence-electron chi connectivity index (χ4n) is 2.67. The highest BCUT2D eigenvalue weighted by molar-refractivity contribution is 5.76. The molecule has 1 heterocycles. The van der Waals surface area contributed by atoms with Crippen LogP contribution in [-0.4, -0.2) is 42.2 Å². The van der Waals surface area contributed by atoms with E-state index >= 15 is 0 Å². The van der Waals surface area contributed by atoms with Crippen molar-refractivity contribution in [3.63, 3.8) is 0 Å². The Labute approximate surface area is 120 Å². The summed E-state index contributed by atoms with van der Waals surface area (Å²) < 4.78 is 5.23. The van der Waals surface area contributed by atoms with E-state index in [4.69, 9.17) is 4.74 Å². The molecule has 4 heteroatoms. The number of hydrogen-bond donors (Lipinski definition) is 1. The quantitative estimate of drug-likeness (QED) is 0.841. The lowest BCUT2D eigenvalue weighted by Gasteiger charge is -2.32. The summed E-state index contributed by atoms with van der Waals surface area (Å²) in [4.78, 5) is 13.9. The molecule has 0 radical (unpaired) electrons. The normalized spacial score (nSPS) is 16.4. The minimum atomic E-state index is 0.197. The SMILES string of the molecule is CCOCCC(=O)N1CCC(c2ccc(O)cc2)CC1. The van der Waals surface area contributed by atoms with Gasteiger partial charge in [0.15, 0.2) is 0 Å². The third kappa shape index (κ3) is 3.97. The number of piperidine rings is 1. The molecule has 1 aliphatic rings. The molecular weight excluding hydrogens is 254 g/mol. The predicted octanol–water partition coefficient (Wildman–Crippen LogP) is 2.52. The third-order valence-corrected chi connectivity index (χ3v) is 3.88.